The van der Waals surface area contributed by atoms with Crippen LogP contribution >= 0.6 is 22.6 Å². The highest BCUT2D eigenvalue weighted by molar-refractivity contribution is 14.1. The van der Waals surface area contributed by atoms with E-state index in [2.05, 4.69) is 60.7 Å². The van der Waals surface area contributed by atoms with Crippen LogP contribution in [0.15, 0.2) is 24.3 Å². The lowest BCUT2D eigenvalue weighted by atomic mass is 9.80. The summed E-state index contributed by atoms with van der Waals surface area (Å²) in [5.74, 6) is 0. The van der Waals surface area contributed by atoms with Gasteiger partial charge in [0.15, 0.2) is 0 Å². The number of halogens is 1. The molecule has 1 aromatic carbocycles. The largest absolute Gasteiger partial charge is 0.330 e. The van der Waals surface area contributed by atoms with E-state index in [0.29, 0.717) is 6.54 Å². The Morgan fingerprint density at radius 3 is 2.46 bits per heavy atom. The minimum absolute atomic E-state index is 0.137. The molecule has 0 aliphatic rings. The Morgan fingerprint density at radius 1 is 1.38 bits per heavy atom. The van der Waals surface area contributed by atoms with Crippen LogP contribution in [0, 0.1) is 3.57 Å². The highest BCUT2D eigenvalue weighted by Crippen LogP contribution is 2.29. The van der Waals surface area contributed by atoms with Crippen molar-refractivity contribution in [3.05, 3.63) is 33.4 Å². The van der Waals surface area contributed by atoms with E-state index in [1.165, 1.54) is 9.13 Å². The Bertz CT molecular complexity index is 279. The van der Waals surface area contributed by atoms with E-state index >= 15 is 0 Å². The van der Waals surface area contributed by atoms with E-state index in [4.69, 9.17) is 5.73 Å². The van der Waals surface area contributed by atoms with Gasteiger partial charge in [0.25, 0.3) is 0 Å². The molecule has 1 aromatic rings. The van der Waals surface area contributed by atoms with E-state index in [0.717, 1.165) is 6.42 Å². The molecule has 0 radical (unpaired) electrons. The van der Waals surface area contributed by atoms with Gasteiger partial charge < -0.3 is 5.73 Å². The minimum atomic E-state index is 0.137. The van der Waals surface area contributed by atoms with Crippen molar-refractivity contribution in [3.8, 4) is 0 Å². The van der Waals surface area contributed by atoms with Gasteiger partial charge in [0.1, 0.15) is 0 Å². The molecule has 1 atom stereocenters. The summed E-state index contributed by atoms with van der Waals surface area (Å²) in [4.78, 5) is 0. The summed E-state index contributed by atoms with van der Waals surface area (Å²) < 4.78 is 1.31. The first kappa shape index (κ1) is 11.0. The second-order valence-corrected chi connectivity index (χ2v) is 4.76. The van der Waals surface area contributed by atoms with Gasteiger partial charge in [-0.3, -0.25) is 0 Å². The number of rotatable bonds is 3. The molecule has 13 heavy (non-hydrogen) atoms. The van der Waals surface area contributed by atoms with Gasteiger partial charge in [-0.1, -0.05) is 32.0 Å². The van der Waals surface area contributed by atoms with E-state index in [1.807, 2.05) is 0 Å². The minimum Gasteiger partial charge on any atom is -0.330 e. The van der Waals surface area contributed by atoms with Crippen LogP contribution < -0.4 is 5.73 Å². The molecular formula is C11H16IN. The predicted molar refractivity (Wildman–Crippen MR) is 65.9 cm³/mol. The predicted octanol–water partition coefficient (Wildman–Crippen LogP) is 2.92. The zero-order valence-corrected chi connectivity index (χ0v) is 10.3. The summed E-state index contributed by atoms with van der Waals surface area (Å²) in [6, 6.07) is 8.47. The number of hydrogen-bond donors (Lipinski definition) is 1. The van der Waals surface area contributed by atoms with Gasteiger partial charge in [0, 0.05) is 15.5 Å². The first-order valence-electron chi connectivity index (χ1n) is 4.59. The molecule has 0 aliphatic heterocycles. The van der Waals surface area contributed by atoms with E-state index in [9.17, 15) is 0 Å². The molecule has 1 unspecified atom stereocenters. The summed E-state index contributed by atoms with van der Waals surface area (Å²) in [5.41, 5.74) is 7.33. The highest BCUT2D eigenvalue weighted by atomic mass is 127. The lowest BCUT2D eigenvalue weighted by molar-refractivity contribution is 0.465. The third kappa shape index (κ3) is 2.23. The fraction of sp³-hybridized carbons (Fsp3) is 0.455. The maximum atomic E-state index is 5.82. The quantitative estimate of drug-likeness (QED) is 0.851. The standard InChI is InChI=1S/C11H16IN/c1-3-11(2,8-13)9-6-4-5-7-10(9)12/h4-7H,3,8,13H2,1-2H3. The van der Waals surface area contributed by atoms with Gasteiger partial charge in [0.2, 0.25) is 0 Å². The second kappa shape index (κ2) is 4.42. The fourth-order valence-electron chi connectivity index (χ4n) is 1.40. The topological polar surface area (TPSA) is 26.0 Å². The van der Waals surface area contributed by atoms with Crippen molar-refractivity contribution in [3.63, 3.8) is 0 Å². The molecule has 0 saturated heterocycles. The first-order chi connectivity index (χ1) is 6.14. The van der Waals surface area contributed by atoms with E-state index < -0.39 is 0 Å². The Labute approximate surface area is 93.9 Å². The summed E-state index contributed by atoms with van der Waals surface area (Å²) >= 11 is 2.38. The third-order valence-electron chi connectivity index (χ3n) is 2.75. The van der Waals surface area contributed by atoms with Crippen molar-refractivity contribution in [1.82, 2.24) is 0 Å². The Morgan fingerprint density at radius 2 is 2.00 bits per heavy atom. The SMILES string of the molecule is CCC(C)(CN)c1ccccc1I. The molecule has 1 rings (SSSR count). The van der Waals surface area contributed by atoms with Crippen LogP contribution in [0.25, 0.3) is 0 Å². The Kier molecular flexibility index (Phi) is 3.74. The lowest BCUT2D eigenvalue weighted by Crippen LogP contribution is -2.31. The number of nitrogens with two attached hydrogens (primary N) is 1. The summed E-state index contributed by atoms with van der Waals surface area (Å²) in [6.07, 6.45) is 1.09. The van der Waals surface area contributed by atoms with Gasteiger partial charge in [-0.15, -0.1) is 0 Å². The molecule has 0 amide bonds. The van der Waals surface area contributed by atoms with E-state index in [1.54, 1.807) is 0 Å². The van der Waals surface area contributed by atoms with Crippen molar-refractivity contribution in [2.75, 3.05) is 6.54 Å². The van der Waals surface area contributed by atoms with Crippen LogP contribution in [0.5, 0.6) is 0 Å². The normalized spacial score (nSPS) is 15.4. The average molecular weight is 289 g/mol. The van der Waals surface area contributed by atoms with Crippen molar-refractivity contribution in [1.29, 1.82) is 0 Å². The van der Waals surface area contributed by atoms with Crippen LogP contribution in [0.3, 0.4) is 0 Å². The molecule has 0 spiro atoms. The molecule has 0 bridgehead atoms. The monoisotopic (exact) mass is 289 g/mol. The second-order valence-electron chi connectivity index (χ2n) is 3.60. The van der Waals surface area contributed by atoms with Gasteiger partial charge in [-0.05, 0) is 40.6 Å². The van der Waals surface area contributed by atoms with Crippen LogP contribution in [-0.4, -0.2) is 6.54 Å². The maximum Gasteiger partial charge on any atom is 0.0168 e. The molecule has 72 valence electrons. The van der Waals surface area contributed by atoms with Crippen LogP contribution in [-0.2, 0) is 5.41 Å². The highest BCUT2D eigenvalue weighted by Gasteiger charge is 2.24. The zero-order chi connectivity index (χ0) is 9.90. The summed E-state index contributed by atoms with van der Waals surface area (Å²) in [5, 5.41) is 0. The molecule has 0 heterocycles. The average Bonchev–Trinajstić information content (AvgIpc) is 2.17. The molecule has 0 aromatic heterocycles. The molecule has 0 aliphatic carbocycles. The van der Waals surface area contributed by atoms with Crippen LogP contribution in [0.1, 0.15) is 25.8 Å². The molecule has 0 fully saturated rings. The molecule has 0 saturated carbocycles. The van der Waals surface area contributed by atoms with Gasteiger partial charge in [0.05, 0.1) is 0 Å². The molecular weight excluding hydrogens is 273 g/mol. The smallest absolute Gasteiger partial charge is 0.0168 e. The van der Waals surface area contributed by atoms with Crippen molar-refractivity contribution >= 4 is 22.6 Å². The first-order valence-corrected chi connectivity index (χ1v) is 5.67. The molecule has 2 N–H and O–H groups in total. The fourth-order valence-corrected chi connectivity index (χ4v) is 2.43. The van der Waals surface area contributed by atoms with Crippen LogP contribution in [0.4, 0.5) is 0 Å². The van der Waals surface area contributed by atoms with Crippen molar-refractivity contribution in [2.45, 2.75) is 25.7 Å². The van der Waals surface area contributed by atoms with Gasteiger partial charge >= 0.3 is 0 Å². The number of hydrogen-bond acceptors (Lipinski definition) is 1. The third-order valence-corrected chi connectivity index (χ3v) is 3.70. The summed E-state index contributed by atoms with van der Waals surface area (Å²) in [6.45, 7) is 5.13. The molecule has 2 heteroatoms. The summed E-state index contributed by atoms with van der Waals surface area (Å²) in [7, 11) is 0. The number of benzene rings is 1. The van der Waals surface area contributed by atoms with Crippen LogP contribution in [0.2, 0.25) is 0 Å². The Balaban J connectivity index is 3.12. The van der Waals surface area contributed by atoms with Gasteiger partial charge in [-0.2, -0.15) is 0 Å². The lowest BCUT2D eigenvalue weighted by Gasteiger charge is -2.28. The zero-order valence-electron chi connectivity index (χ0n) is 8.18. The van der Waals surface area contributed by atoms with Crippen molar-refractivity contribution < 1.29 is 0 Å². The van der Waals surface area contributed by atoms with E-state index in [-0.39, 0.29) is 5.41 Å². The maximum absolute atomic E-state index is 5.82. The van der Waals surface area contributed by atoms with Gasteiger partial charge in [-0.25, -0.2) is 0 Å². The van der Waals surface area contributed by atoms with Crippen molar-refractivity contribution in [2.24, 2.45) is 5.73 Å². The Hall–Kier alpha value is -0.0900. The molecule has 1 nitrogen and oxygen atoms in total.